The van der Waals surface area contributed by atoms with Crippen molar-refractivity contribution in [2.45, 2.75) is 6.61 Å². The average molecular weight is 259 g/mol. The summed E-state index contributed by atoms with van der Waals surface area (Å²) in [6, 6.07) is 7.70. The van der Waals surface area contributed by atoms with Gasteiger partial charge in [0.05, 0.1) is 7.11 Å². The summed E-state index contributed by atoms with van der Waals surface area (Å²) in [6.07, 6.45) is 3.58. The normalized spacial score (nSPS) is 16.4. The lowest BCUT2D eigenvalue weighted by molar-refractivity contribution is 0.257. The minimum atomic E-state index is 0.445. The summed E-state index contributed by atoms with van der Waals surface area (Å²) < 4.78 is 10.7. The Labute approximate surface area is 110 Å². The zero-order valence-corrected chi connectivity index (χ0v) is 10.3. The predicted molar refractivity (Wildman–Crippen MR) is 69.9 cm³/mol. The monoisotopic (exact) mass is 259 g/mol. The van der Waals surface area contributed by atoms with Crippen LogP contribution in [-0.2, 0) is 11.3 Å². The van der Waals surface area contributed by atoms with Gasteiger partial charge < -0.3 is 9.47 Å². The van der Waals surface area contributed by atoms with Gasteiger partial charge in [-0.1, -0.05) is 12.1 Å². The summed E-state index contributed by atoms with van der Waals surface area (Å²) in [7, 11) is 1.64. The number of fused-ring (bicyclic) bond motifs is 1. The number of hydrazone groups is 2. The van der Waals surface area contributed by atoms with E-state index in [1.165, 1.54) is 5.12 Å². The quantitative estimate of drug-likeness (QED) is 0.837. The molecule has 0 unspecified atom stereocenters. The van der Waals surface area contributed by atoms with Crippen LogP contribution in [0.25, 0.3) is 0 Å². The molecule has 19 heavy (non-hydrogen) atoms. The molecule has 0 atom stereocenters. The first kappa shape index (κ1) is 11.5. The molecule has 2 N–H and O–H groups in total. The average Bonchev–Trinajstić information content (AvgIpc) is 2.93. The minimum absolute atomic E-state index is 0.445. The van der Waals surface area contributed by atoms with Gasteiger partial charge in [-0.25, -0.2) is 5.53 Å². The highest BCUT2D eigenvalue weighted by Gasteiger charge is 2.18. The first-order valence-corrected chi connectivity index (χ1v) is 5.76. The lowest BCUT2D eigenvalue weighted by Crippen LogP contribution is -2.38. The van der Waals surface area contributed by atoms with Crippen LogP contribution in [0.5, 0.6) is 5.75 Å². The van der Waals surface area contributed by atoms with Crippen LogP contribution in [0.3, 0.4) is 0 Å². The first-order chi connectivity index (χ1) is 9.35. The fourth-order valence-electron chi connectivity index (χ4n) is 1.65. The van der Waals surface area contributed by atoms with Crippen LogP contribution < -0.4 is 15.8 Å². The van der Waals surface area contributed by atoms with E-state index in [1.54, 1.807) is 13.2 Å². The Balaban J connectivity index is 1.60. The highest BCUT2D eigenvalue weighted by atomic mass is 16.5. The number of ether oxygens (including phenoxy) is 2. The molecule has 3 rings (SSSR count). The van der Waals surface area contributed by atoms with E-state index >= 15 is 0 Å². The summed E-state index contributed by atoms with van der Waals surface area (Å²) in [5.74, 6) is 2.04. The predicted octanol–water partition coefficient (Wildman–Crippen LogP) is 0.733. The maximum absolute atomic E-state index is 5.61. The molecule has 2 heterocycles. The van der Waals surface area contributed by atoms with Gasteiger partial charge in [0, 0.05) is 6.08 Å². The third kappa shape index (κ3) is 2.50. The van der Waals surface area contributed by atoms with E-state index < -0.39 is 0 Å². The van der Waals surface area contributed by atoms with Gasteiger partial charge in [0.25, 0.3) is 0 Å². The number of nitrogens with zero attached hydrogens (tertiary/aromatic N) is 3. The third-order valence-corrected chi connectivity index (χ3v) is 2.66. The van der Waals surface area contributed by atoms with Gasteiger partial charge >= 0.3 is 0 Å². The third-order valence-electron chi connectivity index (χ3n) is 2.66. The summed E-state index contributed by atoms with van der Waals surface area (Å²) in [4.78, 5) is 0. The van der Waals surface area contributed by atoms with Crippen LogP contribution in [0, 0.1) is 0 Å². The number of nitrogens with one attached hydrogen (secondary N) is 2. The molecule has 0 bridgehead atoms. The maximum atomic E-state index is 5.61. The summed E-state index contributed by atoms with van der Waals surface area (Å²) in [6.45, 7) is 0.445. The second-order valence-electron chi connectivity index (χ2n) is 3.91. The van der Waals surface area contributed by atoms with Gasteiger partial charge in [-0.15, -0.1) is 15.7 Å². The Morgan fingerprint density at radius 1 is 1.21 bits per heavy atom. The zero-order chi connectivity index (χ0) is 13.1. The molecule has 2 aliphatic heterocycles. The molecule has 0 saturated carbocycles. The fraction of sp³-hybridized carbons (Fsp3) is 0.167. The lowest BCUT2D eigenvalue weighted by atomic mass is 10.2. The van der Waals surface area contributed by atoms with E-state index in [2.05, 4.69) is 21.3 Å². The van der Waals surface area contributed by atoms with Crippen LogP contribution in [0.15, 0.2) is 46.6 Å². The van der Waals surface area contributed by atoms with Crippen molar-refractivity contribution in [3.8, 4) is 5.75 Å². The van der Waals surface area contributed by atoms with Crippen molar-refractivity contribution in [3.05, 3.63) is 42.0 Å². The topological polar surface area (TPSA) is 70.5 Å². The van der Waals surface area contributed by atoms with Crippen molar-refractivity contribution in [2.75, 3.05) is 7.11 Å². The summed E-state index contributed by atoms with van der Waals surface area (Å²) in [5.41, 5.74) is 6.40. The molecule has 2 aliphatic rings. The van der Waals surface area contributed by atoms with E-state index in [0.29, 0.717) is 18.3 Å². The second kappa shape index (κ2) is 4.99. The molecular formula is C12H13N5O2. The maximum Gasteiger partial charge on any atom is 0.233 e. The molecule has 7 heteroatoms. The number of methoxy groups -OCH3 is 1. The Morgan fingerprint density at radius 2 is 2.05 bits per heavy atom. The smallest absolute Gasteiger partial charge is 0.233 e. The molecule has 98 valence electrons. The molecule has 0 fully saturated rings. The summed E-state index contributed by atoms with van der Waals surface area (Å²) >= 11 is 0. The van der Waals surface area contributed by atoms with Crippen molar-refractivity contribution in [1.82, 2.24) is 16.2 Å². The van der Waals surface area contributed by atoms with E-state index in [9.17, 15) is 0 Å². The Kier molecular flexibility index (Phi) is 3.03. The molecule has 0 amide bonds. The Morgan fingerprint density at radius 3 is 2.84 bits per heavy atom. The standard InChI is InChI=1S/C12H13N5O2/c1-18-10-4-2-9(3-5-10)8-19-12-7-6-11-13-15-16-17(11)14-12/h2-7,15-16H,8H2,1H3. The SMILES string of the molecule is COc1ccc(COC2=NN3NNN=C3C=C2)cc1. The van der Waals surface area contributed by atoms with Gasteiger partial charge in [-0.05, 0) is 23.8 Å². The number of amidine groups is 1. The van der Waals surface area contributed by atoms with E-state index in [-0.39, 0.29) is 0 Å². The highest BCUT2D eigenvalue weighted by Crippen LogP contribution is 2.13. The van der Waals surface area contributed by atoms with Crippen molar-refractivity contribution >= 4 is 11.7 Å². The molecule has 7 nitrogen and oxygen atoms in total. The highest BCUT2D eigenvalue weighted by molar-refractivity contribution is 6.03. The van der Waals surface area contributed by atoms with Gasteiger partial charge in [0.1, 0.15) is 12.4 Å². The van der Waals surface area contributed by atoms with E-state index in [0.717, 1.165) is 11.3 Å². The van der Waals surface area contributed by atoms with Crippen LogP contribution in [-0.4, -0.2) is 24.0 Å². The molecule has 0 radical (unpaired) electrons. The molecule has 1 aromatic carbocycles. The van der Waals surface area contributed by atoms with Crippen molar-refractivity contribution in [2.24, 2.45) is 10.2 Å². The largest absolute Gasteiger partial charge is 0.497 e. The van der Waals surface area contributed by atoms with Gasteiger partial charge in [-0.2, -0.15) is 5.12 Å². The molecule has 0 aromatic heterocycles. The van der Waals surface area contributed by atoms with Crippen molar-refractivity contribution in [3.63, 3.8) is 0 Å². The fourth-order valence-corrected chi connectivity index (χ4v) is 1.65. The zero-order valence-electron chi connectivity index (χ0n) is 10.3. The van der Waals surface area contributed by atoms with Crippen LogP contribution in [0.4, 0.5) is 0 Å². The number of hydrogen-bond acceptors (Lipinski definition) is 7. The second-order valence-corrected chi connectivity index (χ2v) is 3.91. The van der Waals surface area contributed by atoms with E-state index in [1.807, 2.05) is 30.3 Å². The number of hydrazine groups is 2. The summed E-state index contributed by atoms with van der Waals surface area (Å²) in [5, 5.41) is 9.66. The molecule has 1 aromatic rings. The van der Waals surface area contributed by atoms with Gasteiger partial charge in [0.15, 0.2) is 5.84 Å². The Bertz CT molecular complexity index is 550. The van der Waals surface area contributed by atoms with Gasteiger partial charge in [0.2, 0.25) is 5.90 Å². The van der Waals surface area contributed by atoms with E-state index in [4.69, 9.17) is 9.47 Å². The van der Waals surface area contributed by atoms with Crippen molar-refractivity contribution < 1.29 is 9.47 Å². The molecule has 0 spiro atoms. The Hall–Kier alpha value is -2.54. The van der Waals surface area contributed by atoms with Crippen LogP contribution in [0.1, 0.15) is 5.56 Å². The number of benzene rings is 1. The first-order valence-electron chi connectivity index (χ1n) is 5.76. The number of rotatable bonds is 3. The molecular weight excluding hydrogens is 246 g/mol. The van der Waals surface area contributed by atoms with Crippen molar-refractivity contribution in [1.29, 1.82) is 0 Å². The lowest BCUT2D eigenvalue weighted by Gasteiger charge is -2.16. The van der Waals surface area contributed by atoms with Gasteiger partial charge in [-0.3, -0.25) is 0 Å². The number of hydrogen-bond donors (Lipinski definition) is 2. The molecule has 0 saturated heterocycles. The van der Waals surface area contributed by atoms with Crippen LogP contribution in [0.2, 0.25) is 0 Å². The van der Waals surface area contributed by atoms with Crippen LogP contribution >= 0.6 is 0 Å². The molecule has 0 aliphatic carbocycles. The minimum Gasteiger partial charge on any atom is -0.497 e.